The number of anilines is 1. The van der Waals surface area contributed by atoms with Gasteiger partial charge in [-0.3, -0.25) is 0 Å². The van der Waals surface area contributed by atoms with Gasteiger partial charge in [-0.1, -0.05) is 120 Å². The van der Waals surface area contributed by atoms with E-state index in [0.29, 0.717) is 5.65 Å². The van der Waals surface area contributed by atoms with Crippen molar-refractivity contribution in [3.8, 4) is 22.3 Å². The van der Waals surface area contributed by atoms with Crippen LogP contribution >= 0.6 is 0 Å². The number of amides is 1. The van der Waals surface area contributed by atoms with E-state index < -0.39 is 0 Å². The maximum atomic E-state index is 14.4. The van der Waals surface area contributed by atoms with E-state index in [1.807, 2.05) is 49.4 Å². The third-order valence-electron chi connectivity index (χ3n) is 10.2. The van der Waals surface area contributed by atoms with Gasteiger partial charge in [0.05, 0.1) is 16.6 Å². The molecule has 3 heterocycles. The average Bonchev–Trinajstić information content (AvgIpc) is 3.70. The summed E-state index contributed by atoms with van der Waals surface area (Å²) in [5.41, 5.74) is 12.0. The zero-order valence-corrected chi connectivity index (χ0v) is 28.2. The molecule has 3 aromatic heterocycles. The van der Waals surface area contributed by atoms with Crippen molar-refractivity contribution in [2.75, 3.05) is 5.32 Å². The second kappa shape index (κ2) is 11.2. The van der Waals surface area contributed by atoms with Gasteiger partial charge in [0.25, 0.3) is 0 Å². The number of aromatic amines is 1. The third-order valence-corrected chi connectivity index (χ3v) is 10.2. The van der Waals surface area contributed by atoms with E-state index in [1.54, 1.807) is 4.57 Å². The van der Waals surface area contributed by atoms with Gasteiger partial charge in [0, 0.05) is 54.8 Å². The van der Waals surface area contributed by atoms with Gasteiger partial charge in [-0.25, -0.2) is 14.3 Å². The van der Waals surface area contributed by atoms with E-state index in [9.17, 15) is 4.79 Å². The van der Waals surface area contributed by atoms with Crippen LogP contribution in [0.4, 0.5) is 10.5 Å². The zero-order chi connectivity index (χ0) is 34.2. The van der Waals surface area contributed by atoms with Gasteiger partial charge < -0.3 is 10.3 Å². The van der Waals surface area contributed by atoms with Crippen molar-refractivity contribution in [3.63, 3.8) is 0 Å². The van der Waals surface area contributed by atoms with Gasteiger partial charge >= 0.3 is 6.03 Å². The Morgan fingerprint density at radius 3 is 2.00 bits per heavy atom. The van der Waals surface area contributed by atoms with E-state index in [4.69, 9.17) is 4.98 Å². The fourth-order valence-electron chi connectivity index (χ4n) is 8.00. The molecule has 1 amide bonds. The van der Waals surface area contributed by atoms with Gasteiger partial charge in [0.1, 0.15) is 0 Å². The number of carbonyl (C=O) groups excluding carboxylic acids is 1. The lowest BCUT2D eigenvalue weighted by molar-refractivity contribution is 0.255. The van der Waals surface area contributed by atoms with Crippen molar-refractivity contribution in [3.05, 3.63) is 157 Å². The molecule has 0 spiro atoms. The second-order valence-electron chi connectivity index (χ2n) is 13.4. The Morgan fingerprint density at radius 1 is 0.588 bits per heavy atom. The molecule has 0 radical (unpaired) electrons. The average molecular weight is 657 g/mol. The zero-order valence-electron chi connectivity index (χ0n) is 28.2. The monoisotopic (exact) mass is 656 g/mol. The summed E-state index contributed by atoms with van der Waals surface area (Å²) < 4.78 is 1.75. The normalized spacial score (nSPS) is 11.8. The van der Waals surface area contributed by atoms with Crippen LogP contribution in [0.25, 0.3) is 87.7 Å². The van der Waals surface area contributed by atoms with E-state index >= 15 is 0 Å². The Bertz CT molecular complexity index is 3020. The van der Waals surface area contributed by atoms with E-state index in [1.165, 1.54) is 5.56 Å². The highest BCUT2D eigenvalue weighted by atomic mass is 16.2. The molecule has 0 aliphatic rings. The molecule has 0 unspecified atom stereocenters. The second-order valence-corrected chi connectivity index (χ2v) is 13.4. The fraction of sp³-hybridized carbons (Fsp3) is 0.0435. The minimum atomic E-state index is -0.253. The SMILES string of the molecule is Cc1ccc(NC(=O)n2c3ccccc3c3c(-c4c5ccccc5c(-c5ccccc5)c5[nH]c6ccccc6c45)c4cc(C)ccc4nc32)cc1. The van der Waals surface area contributed by atoms with Crippen molar-refractivity contribution >= 4 is 77.1 Å². The van der Waals surface area contributed by atoms with Crippen LogP contribution < -0.4 is 5.32 Å². The van der Waals surface area contributed by atoms with Crippen molar-refractivity contribution < 1.29 is 4.79 Å². The molecule has 5 heteroatoms. The first-order chi connectivity index (χ1) is 25.0. The molecule has 7 aromatic carbocycles. The van der Waals surface area contributed by atoms with Gasteiger partial charge in [-0.05, 0) is 66.6 Å². The van der Waals surface area contributed by atoms with Crippen LogP contribution in [-0.4, -0.2) is 20.6 Å². The summed E-state index contributed by atoms with van der Waals surface area (Å²) in [5.74, 6) is 0. The first kappa shape index (κ1) is 29.2. The molecule has 0 saturated heterocycles. The van der Waals surface area contributed by atoms with Crippen LogP contribution in [0.3, 0.4) is 0 Å². The number of nitrogens with one attached hydrogen (secondary N) is 2. The van der Waals surface area contributed by atoms with Crippen molar-refractivity contribution in [2.45, 2.75) is 13.8 Å². The van der Waals surface area contributed by atoms with Gasteiger partial charge in [0.15, 0.2) is 5.65 Å². The van der Waals surface area contributed by atoms with E-state index in [-0.39, 0.29) is 6.03 Å². The van der Waals surface area contributed by atoms with Gasteiger partial charge in [-0.15, -0.1) is 0 Å². The van der Waals surface area contributed by atoms with Crippen LogP contribution in [0.1, 0.15) is 11.1 Å². The van der Waals surface area contributed by atoms with Gasteiger partial charge in [-0.2, -0.15) is 0 Å². The standard InChI is InChI=1S/C46H32N4O/c1-27-20-23-30(24-21-27)47-46(51)50-38-19-11-9-17-34(38)43-41(35-26-28(2)22-25-37(35)49-45(43)50)40-32-15-7-6-14-31(32)39(29-12-4-3-5-13-29)44-42(40)33-16-8-10-18-36(33)48-44/h3-26,48H,1-2H3,(H,47,51). The molecule has 0 bridgehead atoms. The Hall–Kier alpha value is -6.72. The van der Waals surface area contributed by atoms with Crippen molar-refractivity contribution in [2.24, 2.45) is 0 Å². The number of nitrogens with zero attached hydrogens (tertiary/aromatic N) is 2. The summed E-state index contributed by atoms with van der Waals surface area (Å²) in [6, 6.07) is 50.2. The van der Waals surface area contributed by atoms with Crippen LogP contribution in [0.15, 0.2) is 146 Å². The first-order valence-electron chi connectivity index (χ1n) is 17.3. The minimum absolute atomic E-state index is 0.253. The number of carbonyl (C=O) groups is 1. The maximum absolute atomic E-state index is 14.4. The molecular formula is C46H32N4O. The number of hydrogen-bond donors (Lipinski definition) is 2. The number of fused-ring (bicyclic) bond motifs is 8. The number of aromatic nitrogens is 3. The summed E-state index contributed by atoms with van der Waals surface area (Å²) in [7, 11) is 0. The Kier molecular flexibility index (Phi) is 6.39. The molecule has 51 heavy (non-hydrogen) atoms. The van der Waals surface area contributed by atoms with E-state index in [2.05, 4.69) is 120 Å². The smallest absolute Gasteiger partial charge is 0.332 e. The Balaban J connectivity index is 1.42. The molecule has 10 rings (SSSR count). The van der Waals surface area contributed by atoms with Crippen LogP contribution in [0, 0.1) is 13.8 Å². The Labute approximate surface area is 293 Å². The van der Waals surface area contributed by atoms with Crippen LogP contribution in [0.5, 0.6) is 0 Å². The molecular weight excluding hydrogens is 625 g/mol. The van der Waals surface area contributed by atoms with Crippen LogP contribution in [0.2, 0.25) is 0 Å². The predicted octanol–water partition coefficient (Wildman–Crippen LogP) is 12.2. The summed E-state index contributed by atoms with van der Waals surface area (Å²) in [5, 5.41) is 10.7. The van der Waals surface area contributed by atoms with Crippen LogP contribution in [-0.2, 0) is 0 Å². The molecule has 0 aliphatic carbocycles. The predicted molar refractivity (Wildman–Crippen MR) is 213 cm³/mol. The number of benzene rings is 7. The maximum Gasteiger partial charge on any atom is 0.332 e. The highest BCUT2D eigenvalue weighted by Crippen LogP contribution is 2.50. The number of pyridine rings is 1. The van der Waals surface area contributed by atoms with Gasteiger partial charge in [0.2, 0.25) is 0 Å². The summed E-state index contributed by atoms with van der Waals surface area (Å²) in [4.78, 5) is 23.5. The molecule has 0 aliphatic heterocycles. The lowest BCUT2D eigenvalue weighted by atomic mass is 9.85. The minimum Gasteiger partial charge on any atom is -0.354 e. The lowest BCUT2D eigenvalue weighted by Gasteiger charge is -2.18. The van der Waals surface area contributed by atoms with Crippen molar-refractivity contribution in [1.29, 1.82) is 0 Å². The highest BCUT2D eigenvalue weighted by molar-refractivity contribution is 6.34. The lowest BCUT2D eigenvalue weighted by Crippen LogP contribution is -2.19. The molecule has 0 atom stereocenters. The number of para-hydroxylation sites is 2. The third kappa shape index (κ3) is 4.41. The molecule has 0 fully saturated rings. The number of aryl methyl sites for hydroxylation is 2. The molecule has 10 aromatic rings. The largest absolute Gasteiger partial charge is 0.354 e. The summed E-state index contributed by atoms with van der Waals surface area (Å²) in [6.45, 7) is 4.17. The molecule has 0 saturated carbocycles. The van der Waals surface area contributed by atoms with Crippen molar-refractivity contribution in [1.82, 2.24) is 14.5 Å². The first-order valence-corrected chi connectivity index (χ1v) is 17.3. The summed E-state index contributed by atoms with van der Waals surface area (Å²) in [6.07, 6.45) is 0. The molecule has 5 nitrogen and oxygen atoms in total. The quantitative estimate of drug-likeness (QED) is 0.199. The molecule has 2 N–H and O–H groups in total. The fourth-order valence-corrected chi connectivity index (χ4v) is 8.00. The summed E-state index contributed by atoms with van der Waals surface area (Å²) >= 11 is 0. The highest BCUT2D eigenvalue weighted by Gasteiger charge is 2.27. The topological polar surface area (TPSA) is 62.7 Å². The number of rotatable bonds is 3. The Morgan fingerprint density at radius 2 is 1.22 bits per heavy atom. The molecule has 242 valence electrons. The number of hydrogen-bond acceptors (Lipinski definition) is 2. The van der Waals surface area contributed by atoms with E-state index in [0.717, 1.165) is 93.3 Å². The number of H-pyrrole nitrogens is 1.